The molecule has 0 saturated carbocycles. The van der Waals surface area contributed by atoms with E-state index in [1.165, 1.54) is 12.1 Å². The lowest BCUT2D eigenvalue weighted by molar-refractivity contribution is -0.274. The minimum absolute atomic E-state index is 0.263. The van der Waals surface area contributed by atoms with Crippen molar-refractivity contribution in [2.75, 3.05) is 7.11 Å². The highest BCUT2D eigenvalue weighted by molar-refractivity contribution is 5.84. The molecule has 0 aliphatic heterocycles. The van der Waals surface area contributed by atoms with Gasteiger partial charge >= 0.3 is 6.36 Å². The molecule has 0 N–H and O–H groups in total. The summed E-state index contributed by atoms with van der Waals surface area (Å²) >= 11 is 0. The van der Waals surface area contributed by atoms with Gasteiger partial charge in [-0.1, -0.05) is 48.5 Å². The number of methoxy groups -OCH3 is 1. The van der Waals surface area contributed by atoms with Gasteiger partial charge in [0.1, 0.15) is 11.6 Å². The van der Waals surface area contributed by atoms with Gasteiger partial charge in [0.25, 0.3) is 0 Å². The van der Waals surface area contributed by atoms with E-state index < -0.39 is 6.36 Å². The van der Waals surface area contributed by atoms with Gasteiger partial charge in [0.15, 0.2) is 0 Å². The van der Waals surface area contributed by atoms with Crippen LogP contribution in [0.1, 0.15) is 27.9 Å². The topological polar surface area (TPSA) is 31.4 Å². The maximum Gasteiger partial charge on any atom is 0.573 e. The fraction of sp³-hybridized carbons (Fsp3) is 0.250. The molecule has 0 radical (unpaired) electrons. The molecule has 3 aromatic carbocycles. The van der Waals surface area contributed by atoms with Gasteiger partial charge in [0.05, 0.1) is 6.61 Å². The molecule has 0 amide bonds. The second-order valence-corrected chi connectivity index (χ2v) is 8.38. The van der Waals surface area contributed by atoms with Crippen LogP contribution >= 0.6 is 0 Å². The zero-order chi connectivity index (χ0) is 24.8. The van der Waals surface area contributed by atoms with Crippen molar-refractivity contribution in [3.8, 4) is 5.75 Å². The molecule has 4 rings (SSSR count). The molecule has 4 aromatic rings. The van der Waals surface area contributed by atoms with Gasteiger partial charge in [0, 0.05) is 24.4 Å². The fourth-order valence-electron chi connectivity index (χ4n) is 4.00. The normalized spacial score (nSPS) is 11.7. The van der Waals surface area contributed by atoms with Gasteiger partial charge < -0.3 is 9.47 Å². The number of hydrogen-bond acceptors (Lipinski definition) is 3. The average Bonchev–Trinajstić information content (AvgIpc) is 2.83. The third-order valence-corrected chi connectivity index (χ3v) is 5.81. The summed E-state index contributed by atoms with van der Waals surface area (Å²) in [6.07, 6.45) is -0.379. The van der Waals surface area contributed by atoms with Gasteiger partial charge in [-0.3, -0.25) is 4.98 Å². The van der Waals surface area contributed by atoms with Crippen LogP contribution in [0.3, 0.4) is 0 Å². The third-order valence-electron chi connectivity index (χ3n) is 5.81. The minimum Gasteiger partial charge on any atom is -0.406 e. The lowest BCUT2D eigenvalue weighted by Gasteiger charge is -2.10. The average molecular weight is 484 g/mol. The molecule has 0 atom stereocenters. The number of ether oxygens (including phenoxy) is 2. The van der Waals surface area contributed by atoms with Crippen LogP contribution in [-0.4, -0.2) is 18.5 Å². The molecule has 0 saturated heterocycles. The van der Waals surface area contributed by atoms with E-state index in [2.05, 4.69) is 9.72 Å². The van der Waals surface area contributed by atoms with Crippen molar-refractivity contribution in [3.63, 3.8) is 0 Å². The highest BCUT2D eigenvalue weighted by Crippen LogP contribution is 2.26. The number of aromatic nitrogens is 1. The summed E-state index contributed by atoms with van der Waals surface area (Å²) < 4.78 is 61.0. The number of nitrogens with zero attached hydrogens (tertiary/aromatic N) is 1. The minimum atomic E-state index is -4.72. The van der Waals surface area contributed by atoms with Crippen LogP contribution in [0.2, 0.25) is 0 Å². The van der Waals surface area contributed by atoms with Crippen LogP contribution in [0, 0.1) is 5.82 Å². The monoisotopic (exact) mass is 483 g/mol. The van der Waals surface area contributed by atoms with Crippen molar-refractivity contribution in [1.82, 2.24) is 4.98 Å². The number of halogens is 4. The highest BCUT2D eigenvalue weighted by Gasteiger charge is 2.30. The van der Waals surface area contributed by atoms with Crippen molar-refractivity contribution < 1.29 is 27.0 Å². The number of hydrogen-bond donors (Lipinski definition) is 0. The molecule has 0 bridgehead atoms. The Labute approximate surface area is 201 Å². The second kappa shape index (κ2) is 10.9. The van der Waals surface area contributed by atoms with Crippen LogP contribution in [0.5, 0.6) is 5.75 Å². The lowest BCUT2D eigenvalue weighted by atomic mass is 9.98. The number of rotatable bonds is 9. The van der Waals surface area contributed by atoms with Gasteiger partial charge in [-0.25, -0.2) is 4.39 Å². The smallest absolute Gasteiger partial charge is 0.406 e. The summed E-state index contributed by atoms with van der Waals surface area (Å²) in [5.74, 6) is -0.533. The lowest BCUT2D eigenvalue weighted by Crippen LogP contribution is -2.17. The Hall–Kier alpha value is -3.45. The Morgan fingerprint density at radius 3 is 2.17 bits per heavy atom. The predicted molar refractivity (Wildman–Crippen MR) is 127 cm³/mol. The molecule has 1 heterocycles. The van der Waals surface area contributed by atoms with Crippen molar-refractivity contribution >= 4 is 10.8 Å². The maximum absolute atomic E-state index is 15.1. The molecule has 35 heavy (non-hydrogen) atoms. The van der Waals surface area contributed by atoms with Crippen LogP contribution in [0.25, 0.3) is 10.8 Å². The van der Waals surface area contributed by atoms with E-state index in [0.29, 0.717) is 30.4 Å². The van der Waals surface area contributed by atoms with Gasteiger partial charge in [0.2, 0.25) is 0 Å². The Balaban J connectivity index is 1.38. The SMILES string of the molecule is COCc1ccc(CCc2ccc3c(F)c(CCc4ccc(OC(F)(F)F)cc4)ccc3c2)nc1. The van der Waals surface area contributed by atoms with Crippen LogP contribution in [0.15, 0.2) is 72.9 Å². The number of fused-ring (bicyclic) bond motifs is 1. The standard InChI is InChI=1S/C28H25F4NO2/c1-34-18-21-4-12-24(33-17-21)11-3-20-7-15-26-23(16-20)10-9-22(27(26)29)8-2-19-5-13-25(14-6-19)35-28(30,31)32/h4-7,9-10,12-17H,2-3,8,11,18H2,1H3. The summed E-state index contributed by atoms with van der Waals surface area (Å²) in [4.78, 5) is 4.47. The van der Waals surface area contributed by atoms with Gasteiger partial charge in [-0.05, 0) is 71.5 Å². The van der Waals surface area contributed by atoms with Crippen molar-refractivity contribution in [1.29, 1.82) is 0 Å². The van der Waals surface area contributed by atoms with E-state index in [4.69, 9.17) is 4.74 Å². The van der Waals surface area contributed by atoms with Gasteiger partial charge in [-0.15, -0.1) is 13.2 Å². The summed E-state index contributed by atoms with van der Waals surface area (Å²) in [5.41, 5.74) is 4.50. The molecular formula is C28H25F4NO2. The van der Waals surface area contributed by atoms with Crippen molar-refractivity contribution in [3.05, 3.63) is 107 Å². The van der Waals surface area contributed by atoms with Gasteiger partial charge in [-0.2, -0.15) is 0 Å². The zero-order valence-corrected chi connectivity index (χ0v) is 19.2. The number of alkyl halides is 3. The fourth-order valence-corrected chi connectivity index (χ4v) is 4.00. The molecule has 182 valence electrons. The molecule has 0 fully saturated rings. The van der Waals surface area contributed by atoms with E-state index in [1.807, 2.05) is 42.6 Å². The van der Waals surface area contributed by atoms with E-state index in [1.54, 1.807) is 25.3 Å². The molecular weight excluding hydrogens is 458 g/mol. The molecule has 7 heteroatoms. The highest BCUT2D eigenvalue weighted by atomic mass is 19.4. The molecule has 0 spiro atoms. The summed E-state index contributed by atoms with van der Waals surface area (Å²) in [7, 11) is 1.65. The Kier molecular flexibility index (Phi) is 7.66. The zero-order valence-electron chi connectivity index (χ0n) is 19.2. The summed E-state index contributed by atoms with van der Waals surface area (Å²) in [6.45, 7) is 0.536. The number of pyridine rings is 1. The summed E-state index contributed by atoms with van der Waals surface area (Å²) in [6, 6.07) is 19.1. The van der Waals surface area contributed by atoms with Crippen LogP contribution in [0.4, 0.5) is 17.6 Å². The maximum atomic E-state index is 15.1. The number of aryl methyl sites for hydroxylation is 4. The first-order valence-corrected chi connectivity index (χ1v) is 11.3. The third kappa shape index (κ3) is 6.79. The largest absolute Gasteiger partial charge is 0.573 e. The molecule has 3 nitrogen and oxygen atoms in total. The molecule has 1 aromatic heterocycles. The quantitative estimate of drug-likeness (QED) is 0.241. The van der Waals surface area contributed by atoms with E-state index >= 15 is 4.39 Å². The predicted octanol–water partition coefficient (Wildman–Crippen LogP) is 6.99. The van der Waals surface area contributed by atoms with E-state index in [0.717, 1.165) is 40.6 Å². The van der Waals surface area contributed by atoms with E-state index in [-0.39, 0.29) is 11.6 Å². The first-order chi connectivity index (χ1) is 16.8. The molecule has 0 aliphatic rings. The van der Waals surface area contributed by atoms with Crippen molar-refractivity contribution in [2.24, 2.45) is 0 Å². The first kappa shape index (κ1) is 24.7. The molecule has 0 unspecified atom stereocenters. The van der Waals surface area contributed by atoms with Crippen LogP contribution < -0.4 is 4.74 Å². The Morgan fingerprint density at radius 2 is 1.49 bits per heavy atom. The van der Waals surface area contributed by atoms with E-state index in [9.17, 15) is 13.2 Å². The summed E-state index contributed by atoms with van der Waals surface area (Å²) in [5, 5.41) is 1.39. The Bertz CT molecular complexity index is 1270. The second-order valence-electron chi connectivity index (χ2n) is 8.38. The van der Waals surface area contributed by atoms with Crippen molar-refractivity contribution in [2.45, 2.75) is 38.7 Å². The van der Waals surface area contributed by atoms with Crippen LogP contribution in [-0.2, 0) is 37.0 Å². The number of benzene rings is 3. The Morgan fingerprint density at radius 1 is 0.771 bits per heavy atom. The molecule has 0 aliphatic carbocycles. The first-order valence-electron chi connectivity index (χ1n) is 11.3.